The number of hydrogen-bond donors (Lipinski definition) is 0. The van der Waals surface area contributed by atoms with Crippen molar-refractivity contribution >= 4 is 79.7 Å². The van der Waals surface area contributed by atoms with E-state index in [2.05, 4.69) is 236 Å². The lowest BCUT2D eigenvalue weighted by Crippen LogP contribution is -2.37. The van der Waals surface area contributed by atoms with E-state index in [1.165, 1.54) is 65.6 Å². The van der Waals surface area contributed by atoms with E-state index >= 15 is 0 Å². The zero-order chi connectivity index (χ0) is 40.3. The molecule has 0 aromatic heterocycles. The van der Waals surface area contributed by atoms with Gasteiger partial charge in [-0.3, -0.25) is 0 Å². The second-order valence-electron chi connectivity index (χ2n) is 18.9. The first-order chi connectivity index (χ1) is 27.1. The van der Waals surface area contributed by atoms with Gasteiger partial charge in [0, 0.05) is 33.5 Å². The smallest absolute Gasteiger partial charge is 0.0775 e. The van der Waals surface area contributed by atoms with Gasteiger partial charge >= 0.3 is 0 Å². The molecule has 0 radical (unpaired) electrons. The lowest BCUT2D eigenvalue weighted by Gasteiger charge is -2.31. The van der Waals surface area contributed by atoms with Crippen molar-refractivity contribution in [2.24, 2.45) is 0 Å². The Hall–Kier alpha value is -5.64. The molecular weight excluding hydrogens is 705 g/mol. The Labute approximate surface area is 341 Å². The summed E-state index contributed by atoms with van der Waals surface area (Å²) in [6.45, 7) is 23.2. The van der Waals surface area contributed by atoms with Gasteiger partial charge in [-0.1, -0.05) is 169 Å². The van der Waals surface area contributed by atoms with Crippen LogP contribution in [0.4, 0.5) is 34.1 Å². The van der Waals surface area contributed by atoms with Crippen molar-refractivity contribution in [3.63, 3.8) is 0 Å². The van der Waals surface area contributed by atoms with Crippen LogP contribution in [0.1, 0.15) is 58.2 Å². The summed E-state index contributed by atoms with van der Waals surface area (Å²) in [7, 11) is -1.50. The number of rotatable bonds is 7. The standard InChI is InChI=1S/C54H56N2Si/c1-37-25-27-40(28-26-37)55(42-19-15-17-38(33-42)53(2,3)4)51-35-49-46-22-12-14-24-48(46)52(36-50(49)45-21-11-13-23-47(45)51)56(41-29-31-44(32-30-41)57(8,9)10)43-20-16-18-39(34-43)54(5,6)7/h11-36H,1-10H3. The summed E-state index contributed by atoms with van der Waals surface area (Å²) >= 11 is 0. The zero-order valence-electron chi connectivity index (χ0n) is 35.4. The van der Waals surface area contributed by atoms with Gasteiger partial charge in [0.15, 0.2) is 0 Å². The van der Waals surface area contributed by atoms with E-state index in [0.717, 1.165) is 22.7 Å². The number of fused-ring (bicyclic) bond motifs is 5. The Morgan fingerprint density at radius 2 is 0.754 bits per heavy atom. The quantitative estimate of drug-likeness (QED) is 0.118. The molecule has 3 heteroatoms. The Balaban J connectivity index is 1.44. The van der Waals surface area contributed by atoms with Gasteiger partial charge in [0.2, 0.25) is 0 Å². The second-order valence-corrected chi connectivity index (χ2v) is 24.0. The third-order valence-corrected chi connectivity index (χ3v) is 13.6. The number of benzene rings is 8. The molecule has 2 nitrogen and oxygen atoms in total. The first-order valence-corrected chi connectivity index (χ1v) is 23.9. The number of aryl methyl sites for hydroxylation is 1. The highest BCUT2D eigenvalue weighted by atomic mass is 28.3. The average molecular weight is 761 g/mol. The molecule has 8 aromatic carbocycles. The summed E-state index contributed by atoms with van der Waals surface area (Å²) < 4.78 is 0. The Morgan fingerprint density at radius 1 is 0.368 bits per heavy atom. The van der Waals surface area contributed by atoms with E-state index in [1.54, 1.807) is 0 Å². The van der Waals surface area contributed by atoms with E-state index in [-0.39, 0.29) is 10.8 Å². The molecule has 286 valence electrons. The van der Waals surface area contributed by atoms with E-state index in [1.807, 2.05) is 0 Å². The number of nitrogens with zero attached hydrogens (tertiary/aromatic N) is 2. The fraction of sp³-hybridized carbons (Fsp3) is 0.222. The molecule has 0 atom stereocenters. The van der Waals surface area contributed by atoms with Gasteiger partial charge in [-0.25, -0.2) is 0 Å². The van der Waals surface area contributed by atoms with Crippen LogP contribution in [0.3, 0.4) is 0 Å². The molecule has 0 N–H and O–H groups in total. The van der Waals surface area contributed by atoms with Crippen LogP contribution in [0.15, 0.2) is 158 Å². The van der Waals surface area contributed by atoms with Crippen molar-refractivity contribution in [2.45, 2.75) is 78.9 Å². The summed E-state index contributed by atoms with van der Waals surface area (Å²) in [4.78, 5) is 4.95. The molecule has 0 aliphatic heterocycles. The van der Waals surface area contributed by atoms with Crippen LogP contribution in [0.25, 0.3) is 32.3 Å². The molecule has 0 heterocycles. The van der Waals surface area contributed by atoms with Gasteiger partial charge in [-0.2, -0.15) is 0 Å². The molecule has 0 unspecified atom stereocenters. The summed E-state index contributed by atoms with van der Waals surface area (Å²) in [5, 5.41) is 8.85. The van der Waals surface area contributed by atoms with Crippen molar-refractivity contribution in [1.29, 1.82) is 0 Å². The number of anilines is 6. The maximum Gasteiger partial charge on any atom is 0.0775 e. The third-order valence-electron chi connectivity index (χ3n) is 11.5. The van der Waals surface area contributed by atoms with Gasteiger partial charge in [0.05, 0.1) is 19.4 Å². The minimum Gasteiger partial charge on any atom is -0.310 e. The first kappa shape index (κ1) is 38.2. The van der Waals surface area contributed by atoms with Gasteiger partial charge in [-0.05, 0) is 111 Å². The summed E-state index contributed by atoms with van der Waals surface area (Å²) in [5.74, 6) is 0. The summed E-state index contributed by atoms with van der Waals surface area (Å²) in [6, 6.07) is 59.5. The van der Waals surface area contributed by atoms with Crippen LogP contribution in [0, 0.1) is 6.92 Å². The van der Waals surface area contributed by atoms with Crippen LogP contribution in [0.5, 0.6) is 0 Å². The molecular formula is C54H56N2Si. The van der Waals surface area contributed by atoms with Crippen LogP contribution in [-0.4, -0.2) is 8.07 Å². The largest absolute Gasteiger partial charge is 0.310 e. The highest BCUT2D eigenvalue weighted by Gasteiger charge is 2.25. The van der Waals surface area contributed by atoms with E-state index in [4.69, 9.17) is 0 Å². The molecule has 0 spiro atoms. The fourth-order valence-electron chi connectivity index (χ4n) is 8.16. The average Bonchev–Trinajstić information content (AvgIpc) is 3.18. The Bertz CT molecular complexity index is 2740. The van der Waals surface area contributed by atoms with Gasteiger partial charge in [0.25, 0.3) is 0 Å². The maximum atomic E-state index is 2.49. The van der Waals surface area contributed by atoms with Crippen molar-refractivity contribution in [1.82, 2.24) is 0 Å². The minimum atomic E-state index is -1.50. The molecule has 8 aromatic rings. The van der Waals surface area contributed by atoms with Crippen LogP contribution in [-0.2, 0) is 10.8 Å². The molecule has 0 saturated heterocycles. The molecule has 0 aliphatic carbocycles. The van der Waals surface area contributed by atoms with Crippen LogP contribution in [0.2, 0.25) is 19.6 Å². The molecule has 0 bridgehead atoms. The SMILES string of the molecule is Cc1ccc(N(c2cccc(C(C)(C)C)c2)c2cc3c4ccccc4c(N(c4ccc([Si](C)(C)C)cc4)c4cccc(C(C)(C)C)c4)cc3c3ccccc23)cc1. The van der Waals surface area contributed by atoms with E-state index in [9.17, 15) is 0 Å². The molecule has 0 saturated carbocycles. The summed E-state index contributed by atoms with van der Waals surface area (Å²) in [5.41, 5.74) is 10.9. The highest BCUT2D eigenvalue weighted by Crippen LogP contribution is 2.48. The number of hydrogen-bond acceptors (Lipinski definition) is 2. The summed E-state index contributed by atoms with van der Waals surface area (Å²) in [6.07, 6.45) is 0. The topological polar surface area (TPSA) is 6.48 Å². The van der Waals surface area contributed by atoms with Crippen LogP contribution < -0.4 is 15.0 Å². The van der Waals surface area contributed by atoms with Gasteiger partial charge in [-0.15, -0.1) is 0 Å². The second kappa shape index (κ2) is 14.4. The predicted octanol–water partition coefficient (Wildman–Crippen LogP) is 15.5. The Morgan fingerprint density at radius 3 is 1.14 bits per heavy atom. The minimum absolute atomic E-state index is 0.0111. The fourth-order valence-corrected chi connectivity index (χ4v) is 9.33. The molecule has 0 aliphatic rings. The van der Waals surface area contributed by atoms with Crippen molar-refractivity contribution < 1.29 is 0 Å². The molecule has 0 amide bonds. The van der Waals surface area contributed by atoms with Gasteiger partial charge in [0.1, 0.15) is 0 Å². The molecule has 0 fully saturated rings. The lowest BCUT2D eigenvalue weighted by atomic mass is 9.86. The third kappa shape index (κ3) is 7.38. The van der Waals surface area contributed by atoms with Crippen molar-refractivity contribution in [3.8, 4) is 0 Å². The van der Waals surface area contributed by atoms with Crippen LogP contribution >= 0.6 is 0 Å². The zero-order valence-corrected chi connectivity index (χ0v) is 36.4. The Kier molecular flexibility index (Phi) is 9.65. The maximum absolute atomic E-state index is 2.49. The van der Waals surface area contributed by atoms with Gasteiger partial charge < -0.3 is 9.80 Å². The van der Waals surface area contributed by atoms with E-state index < -0.39 is 8.07 Å². The molecule has 8 rings (SSSR count). The molecule has 57 heavy (non-hydrogen) atoms. The van der Waals surface area contributed by atoms with Crippen molar-refractivity contribution in [2.75, 3.05) is 9.80 Å². The normalized spacial score (nSPS) is 12.4. The van der Waals surface area contributed by atoms with E-state index in [0.29, 0.717) is 0 Å². The van der Waals surface area contributed by atoms with Crippen molar-refractivity contribution in [3.05, 3.63) is 174 Å². The predicted molar refractivity (Wildman–Crippen MR) is 253 cm³/mol. The highest BCUT2D eigenvalue weighted by molar-refractivity contribution is 6.88. The lowest BCUT2D eigenvalue weighted by molar-refractivity contribution is 0.590. The monoisotopic (exact) mass is 760 g/mol. The first-order valence-electron chi connectivity index (χ1n) is 20.4.